The molecule has 0 spiro atoms. The maximum absolute atomic E-state index is 13.5. The number of rotatable bonds is 1. The summed E-state index contributed by atoms with van der Waals surface area (Å²) in [6.07, 6.45) is 0.761. The Morgan fingerprint density at radius 2 is 2.29 bits per heavy atom. The standard InChI is InChI=1S/C11H9BrFN/c1-7-5-11(7,6-14)9-4-8(12)2-3-10(9)13/h2-4,7H,5H2,1H3. The first-order valence-electron chi connectivity index (χ1n) is 4.47. The number of nitriles is 1. The lowest BCUT2D eigenvalue weighted by Crippen LogP contribution is -2.08. The molecule has 0 aromatic heterocycles. The van der Waals surface area contributed by atoms with Crippen molar-refractivity contribution in [1.29, 1.82) is 5.26 Å². The van der Waals surface area contributed by atoms with E-state index in [4.69, 9.17) is 5.26 Å². The fourth-order valence-corrected chi connectivity index (χ4v) is 2.22. The van der Waals surface area contributed by atoms with Crippen molar-refractivity contribution in [3.8, 4) is 6.07 Å². The quantitative estimate of drug-likeness (QED) is 0.753. The molecule has 2 atom stereocenters. The van der Waals surface area contributed by atoms with Crippen molar-refractivity contribution in [2.24, 2.45) is 5.92 Å². The van der Waals surface area contributed by atoms with Gasteiger partial charge in [-0.15, -0.1) is 0 Å². The van der Waals surface area contributed by atoms with Gasteiger partial charge in [-0.25, -0.2) is 4.39 Å². The second kappa shape index (κ2) is 3.06. The van der Waals surface area contributed by atoms with Crippen LogP contribution in [0.2, 0.25) is 0 Å². The Hall–Kier alpha value is -0.880. The molecule has 1 aliphatic carbocycles. The Morgan fingerprint density at radius 1 is 1.64 bits per heavy atom. The smallest absolute Gasteiger partial charge is 0.128 e. The predicted molar refractivity (Wildman–Crippen MR) is 55.2 cm³/mol. The molecule has 3 heteroatoms. The molecular formula is C11H9BrFN. The zero-order valence-electron chi connectivity index (χ0n) is 7.72. The van der Waals surface area contributed by atoms with E-state index in [9.17, 15) is 4.39 Å². The summed E-state index contributed by atoms with van der Waals surface area (Å²) >= 11 is 3.29. The van der Waals surface area contributed by atoms with E-state index < -0.39 is 5.41 Å². The molecule has 0 N–H and O–H groups in total. The zero-order chi connectivity index (χ0) is 10.3. The van der Waals surface area contributed by atoms with Crippen LogP contribution in [0.5, 0.6) is 0 Å². The van der Waals surface area contributed by atoms with Crippen LogP contribution in [-0.4, -0.2) is 0 Å². The Bertz CT molecular complexity index is 424. The van der Waals surface area contributed by atoms with E-state index in [1.165, 1.54) is 6.07 Å². The topological polar surface area (TPSA) is 23.8 Å². The molecular weight excluding hydrogens is 245 g/mol. The lowest BCUT2D eigenvalue weighted by molar-refractivity contribution is 0.591. The summed E-state index contributed by atoms with van der Waals surface area (Å²) in [5.74, 6) is -0.0181. The molecule has 0 radical (unpaired) electrons. The van der Waals surface area contributed by atoms with Gasteiger partial charge in [0.2, 0.25) is 0 Å². The van der Waals surface area contributed by atoms with E-state index in [-0.39, 0.29) is 11.7 Å². The largest absolute Gasteiger partial charge is 0.207 e. The SMILES string of the molecule is CC1CC1(C#N)c1cc(Br)ccc1F. The fraction of sp³-hybridized carbons (Fsp3) is 0.364. The first-order valence-corrected chi connectivity index (χ1v) is 5.26. The van der Waals surface area contributed by atoms with Crippen LogP contribution in [0, 0.1) is 23.1 Å². The van der Waals surface area contributed by atoms with Crippen LogP contribution in [0.4, 0.5) is 4.39 Å². The van der Waals surface area contributed by atoms with E-state index in [2.05, 4.69) is 22.0 Å². The summed E-state index contributed by atoms with van der Waals surface area (Å²) in [7, 11) is 0. The monoisotopic (exact) mass is 253 g/mol. The van der Waals surface area contributed by atoms with Crippen LogP contribution in [0.25, 0.3) is 0 Å². The summed E-state index contributed by atoms with van der Waals surface area (Å²) < 4.78 is 14.3. The Labute approximate surface area is 90.7 Å². The molecule has 1 aromatic carbocycles. The third-order valence-corrected chi connectivity index (χ3v) is 3.41. The van der Waals surface area contributed by atoms with Gasteiger partial charge in [0.15, 0.2) is 0 Å². The first kappa shape index (κ1) is 9.67. The number of nitrogens with zero attached hydrogens (tertiary/aromatic N) is 1. The summed E-state index contributed by atoms with van der Waals surface area (Å²) in [5, 5.41) is 9.06. The summed E-state index contributed by atoms with van der Waals surface area (Å²) in [6, 6.07) is 6.99. The van der Waals surface area contributed by atoms with Gasteiger partial charge >= 0.3 is 0 Å². The molecule has 1 saturated carbocycles. The Morgan fingerprint density at radius 3 is 2.79 bits per heavy atom. The third kappa shape index (κ3) is 1.26. The molecule has 1 aromatic rings. The fourth-order valence-electron chi connectivity index (χ4n) is 1.85. The molecule has 1 aliphatic rings. The van der Waals surface area contributed by atoms with Crippen LogP contribution in [0.15, 0.2) is 22.7 Å². The van der Waals surface area contributed by atoms with Gasteiger partial charge < -0.3 is 0 Å². The minimum absolute atomic E-state index is 0.260. The van der Waals surface area contributed by atoms with Crippen molar-refractivity contribution in [2.75, 3.05) is 0 Å². The second-order valence-electron chi connectivity index (χ2n) is 3.81. The predicted octanol–water partition coefficient (Wildman–Crippen LogP) is 3.39. The molecule has 1 nitrogen and oxygen atoms in total. The lowest BCUT2D eigenvalue weighted by Gasteiger charge is -2.09. The Kier molecular flexibility index (Phi) is 2.11. The second-order valence-corrected chi connectivity index (χ2v) is 4.73. The summed E-state index contributed by atoms with van der Waals surface area (Å²) in [4.78, 5) is 0. The molecule has 2 rings (SSSR count). The van der Waals surface area contributed by atoms with Crippen molar-refractivity contribution in [2.45, 2.75) is 18.8 Å². The van der Waals surface area contributed by atoms with Crippen molar-refractivity contribution >= 4 is 15.9 Å². The molecule has 0 amide bonds. The van der Waals surface area contributed by atoms with Crippen LogP contribution in [-0.2, 0) is 5.41 Å². The normalized spacial score (nSPS) is 29.7. The summed E-state index contributed by atoms with van der Waals surface area (Å²) in [5.41, 5.74) is -0.0460. The highest BCUT2D eigenvalue weighted by Gasteiger charge is 2.54. The molecule has 14 heavy (non-hydrogen) atoms. The third-order valence-electron chi connectivity index (χ3n) is 2.92. The summed E-state index contributed by atoms with van der Waals surface area (Å²) in [6.45, 7) is 1.98. The highest BCUT2D eigenvalue weighted by molar-refractivity contribution is 9.10. The Balaban J connectivity index is 2.52. The van der Waals surface area contributed by atoms with Crippen LogP contribution >= 0.6 is 15.9 Å². The zero-order valence-corrected chi connectivity index (χ0v) is 9.31. The highest BCUT2D eigenvalue weighted by Crippen LogP contribution is 2.54. The molecule has 72 valence electrons. The number of hydrogen-bond acceptors (Lipinski definition) is 1. The number of halogens is 2. The van der Waals surface area contributed by atoms with Crippen LogP contribution in [0.3, 0.4) is 0 Å². The maximum Gasteiger partial charge on any atom is 0.128 e. The van der Waals surface area contributed by atoms with E-state index in [0.717, 1.165) is 10.9 Å². The van der Waals surface area contributed by atoms with Gasteiger partial charge in [-0.05, 0) is 30.5 Å². The van der Waals surface area contributed by atoms with Gasteiger partial charge in [-0.2, -0.15) is 5.26 Å². The van der Waals surface area contributed by atoms with Gasteiger partial charge in [0.05, 0.1) is 11.5 Å². The van der Waals surface area contributed by atoms with E-state index in [1.807, 2.05) is 6.92 Å². The van der Waals surface area contributed by atoms with E-state index in [1.54, 1.807) is 12.1 Å². The van der Waals surface area contributed by atoms with Crippen molar-refractivity contribution in [1.82, 2.24) is 0 Å². The highest BCUT2D eigenvalue weighted by atomic mass is 79.9. The van der Waals surface area contributed by atoms with E-state index >= 15 is 0 Å². The molecule has 2 unspecified atom stereocenters. The van der Waals surface area contributed by atoms with E-state index in [0.29, 0.717) is 5.56 Å². The van der Waals surface area contributed by atoms with Gasteiger partial charge in [-0.1, -0.05) is 22.9 Å². The molecule has 0 aliphatic heterocycles. The lowest BCUT2D eigenvalue weighted by atomic mass is 9.95. The van der Waals surface area contributed by atoms with Gasteiger partial charge in [-0.3, -0.25) is 0 Å². The molecule has 1 fully saturated rings. The number of benzene rings is 1. The van der Waals surface area contributed by atoms with Gasteiger partial charge in [0.25, 0.3) is 0 Å². The first-order chi connectivity index (χ1) is 6.60. The van der Waals surface area contributed by atoms with Gasteiger partial charge in [0, 0.05) is 10.0 Å². The van der Waals surface area contributed by atoms with Crippen molar-refractivity contribution < 1.29 is 4.39 Å². The van der Waals surface area contributed by atoms with Crippen molar-refractivity contribution in [3.05, 3.63) is 34.1 Å². The maximum atomic E-state index is 13.5. The number of hydrogen-bond donors (Lipinski definition) is 0. The average Bonchev–Trinajstić information content (AvgIpc) is 2.82. The molecule has 0 bridgehead atoms. The molecule has 0 heterocycles. The van der Waals surface area contributed by atoms with Crippen LogP contribution in [0.1, 0.15) is 18.9 Å². The molecule has 0 saturated heterocycles. The average molecular weight is 254 g/mol. The van der Waals surface area contributed by atoms with Gasteiger partial charge in [0.1, 0.15) is 5.82 Å². The van der Waals surface area contributed by atoms with Crippen LogP contribution < -0.4 is 0 Å². The minimum atomic E-state index is -0.576. The minimum Gasteiger partial charge on any atom is -0.207 e. The van der Waals surface area contributed by atoms with Crippen molar-refractivity contribution in [3.63, 3.8) is 0 Å².